The van der Waals surface area contributed by atoms with Gasteiger partial charge < -0.3 is 25.1 Å². The highest BCUT2D eigenvalue weighted by molar-refractivity contribution is 6.35. The molecule has 11 nitrogen and oxygen atoms in total. The highest BCUT2D eigenvalue weighted by Crippen LogP contribution is 2.39. The maximum Gasteiger partial charge on any atom is 0.164 e. The van der Waals surface area contributed by atoms with E-state index in [-0.39, 0.29) is 6.04 Å². The van der Waals surface area contributed by atoms with Crippen LogP contribution in [0.3, 0.4) is 0 Å². The molecule has 3 aromatic heterocycles. The van der Waals surface area contributed by atoms with Crippen LogP contribution >= 0.6 is 11.6 Å². The highest BCUT2D eigenvalue weighted by Gasteiger charge is 2.31. The third-order valence-electron chi connectivity index (χ3n) is 9.69. The number of aromatic amines is 1. The maximum atomic E-state index is 6.86. The number of hydrogen-bond acceptors (Lipinski definition) is 9. The molecular formula is C34H42ClN9O2. The summed E-state index contributed by atoms with van der Waals surface area (Å²) in [7, 11) is 3.46. The molecule has 4 heterocycles. The second-order valence-electron chi connectivity index (χ2n) is 12.5. The number of fused-ring (bicyclic) bond motifs is 2. The predicted molar refractivity (Wildman–Crippen MR) is 181 cm³/mol. The number of ether oxygens (including phenoxy) is 2. The van der Waals surface area contributed by atoms with Gasteiger partial charge in [-0.2, -0.15) is 5.10 Å². The molecule has 0 amide bonds. The van der Waals surface area contributed by atoms with Crippen molar-refractivity contribution in [3.8, 4) is 17.0 Å². The van der Waals surface area contributed by atoms with Crippen molar-refractivity contribution in [1.82, 2.24) is 39.5 Å². The molecule has 242 valence electrons. The van der Waals surface area contributed by atoms with E-state index in [1.807, 2.05) is 36.4 Å². The second-order valence-corrected chi connectivity index (χ2v) is 12.9. The van der Waals surface area contributed by atoms with Crippen LogP contribution < -0.4 is 10.5 Å². The van der Waals surface area contributed by atoms with E-state index in [1.165, 1.54) is 6.33 Å². The fraction of sp³-hybridized carbons (Fsp3) is 0.471. The Morgan fingerprint density at radius 1 is 1.00 bits per heavy atom. The lowest BCUT2D eigenvalue weighted by molar-refractivity contribution is 0.0662. The average Bonchev–Trinajstić information content (AvgIpc) is 3.68. The van der Waals surface area contributed by atoms with Crippen molar-refractivity contribution < 1.29 is 9.47 Å². The topological polar surface area (TPSA) is 123 Å². The fourth-order valence-corrected chi connectivity index (χ4v) is 7.54. The largest absolute Gasteiger partial charge is 0.496 e. The number of aromatic nitrogens is 6. The van der Waals surface area contributed by atoms with Gasteiger partial charge in [-0.05, 0) is 50.3 Å². The number of piperazine rings is 1. The third-order valence-corrected chi connectivity index (χ3v) is 9.99. The molecule has 0 atom stereocenters. The Bertz CT molecular complexity index is 1810. The van der Waals surface area contributed by atoms with E-state index in [9.17, 15) is 0 Å². The summed E-state index contributed by atoms with van der Waals surface area (Å²) in [4.78, 5) is 22.6. The van der Waals surface area contributed by atoms with Gasteiger partial charge in [0.1, 0.15) is 29.4 Å². The molecule has 1 saturated carbocycles. The minimum atomic E-state index is 0.245. The Kier molecular flexibility index (Phi) is 9.08. The zero-order chi connectivity index (χ0) is 31.6. The Morgan fingerprint density at radius 3 is 2.57 bits per heavy atom. The number of nitrogens with one attached hydrogen (secondary N) is 1. The first-order chi connectivity index (χ1) is 22.5. The summed E-state index contributed by atoms with van der Waals surface area (Å²) < 4.78 is 12.9. The standard InChI is InChI=1S/C34H42ClN9O2/c1-45-17-5-12-42-13-15-43(16-14-42)24-8-10-25(11-9-24)44-34-30(33(36)37-21-38-34)31(41-44)23-18-26(35)32-27(19-23)39-29(40-32)20-22-6-3-4-7-28(22)46-2/h3-4,6-7,18-19,21,24-25H,5,8-17,20H2,1-2H3,(H,39,40)(H2,36,37,38)/t24-,25-. The van der Waals surface area contributed by atoms with E-state index in [0.717, 1.165) is 122 Å². The normalized spacial score (nSPS) is 19.7. The summed E-state index contributed by atoms with van der Waals surface area (Å²) in [5, 5.41) is 6.49. The number of nitrogen functional groups attached to an aromatic ring is 1. The Morgan fingerprint density at radius 2 is 1.78 bits per heavy atom. The predicted octanol–water partition coefficient (Wildman–Crippen LogP) is 5.34. The van der Waals surface area contributed by atoms with Gasteiger partial charge in [0.2, 0.25) is 0 Å². The highest BCUT2D eigenvalue weighted by atomic mass is 35.5. The number of methoxy groups -OCH3 is 2. The summed E-state index contributed by atoms with van der Waals surface area (Å²) >= 11 is 6.86. The van der Waals surface area contributed by atoms with Crippen molar-refractivity contribution in [2.45, 2.75) is 50.6 Å². The van der Waals surface area contributed by atoms with E-state index >= 15 is 0 Å². The fourth-order valence-electron chi connectivity index (χ4n) is 7.28. The second kappa shape index (κ2) is 13.5. The number of halogens is 1. The minimum absolute atomic E-state index is 0.245. The summed E-state index contributed by atoms with van der Waals surface area (Å²) in [6.07, 6.45) is 7.61. The van der Waals surface area contributed by atoms with E-state index in [4.69, 9.17) is 36.9 Å². The molecule has 0 unspecified atom stereocenters. The quantitative estimate of drug-likeness (QED) is 0.194. The maximum absolute atomic E-state index is 6.86. The minimum Gasteiger partial charge on any atom is -0.496 e. The van der Waals surface area contributed by atoms with Crippen LogP contribution in [0.5, 0.6) is 5.75 Å². The Balaban J connectivity index is 1.11. The van der Waals surface area contributed by atoms with Gasteiger partial charge in [-0.1, -0.05) is 29.8 Å². The first kappa shape index (κ1) is 30.9. The molecule has 2 fully saturated rings. The molecule has 1 saturated heterocycles. The van der Waals surface area contributed by atoms with Crippen molar-refractivity contribution >= 4 is 39.5 Å². The molecule has 5 aromatic rings. The van der Waals surface area contributed by atoms with Gasteiger partial charge in [-0.25, -0.2) is 19.6 Å². The van der Waals surface area contributed by atoms with Gasteiger partial charge >= 0.3 is 0 Å². The number of hydrogen-bond donors (Lipinski definition) is 2. The third kappa shape index (κ3) is 6.16. The van der Waals surface area contributed by atoms with Crippen LogP contribution in [-0.4, -0.2) is 99.1 Å². The lowest BCUT2D eigenvalue weighted by atomic mass is 9.90. The Labute approximate surface area is 274 Å². The van der Waals surface area contributed by atoms with Gasteiger partial charge in [-0.15, -0.1) is 0 Å². The SMILES string of the molecule is COCCCN1CCN([C@H]2CC[C@H](n3nc(-c4cc(Cl)c5[nH]c(Cc6ccccc6OC)nc5c4)c4c(N)ncnc43)CC2)CC1. The molecule has 1 aliphatic heterocycles. The molecule has 12 heteroatoms. The zero-order valence-electron chi connectivity index (χ0n) is 26.6. The van der Waals surface area contributed by atoms with E-state index in [2.05, 4.69) is 29.4 Å². The summed E-state index contributed by atoms with van der Waals surface area (Å²) in [6.45, 7) is 6.50. The summed E-state index contributed by atoms with van der Waals surface area (Å²) in [5.74, 6) is 2.05. The number of H-pyrrole nitrogens is 1. The van der Waals surface area contributed by atoms with Crippen LogP contribution in [0.2, 0.25) is 5.02 Å². The van der Waals surface area contributed by atoms with Crippen LogP contribution in [0.4, 0.5) is 5.82 Å². The van der Waals surface area contributed by atoms with E-state index < -0.39 is 0 Å². The van der Waals surface area contributed by atoms with Crippen molar-refractivity contribution in [2.75, 3.05) is 59.3 Å². The van der Waals surface area contributed by atoms with Gasteiger partial charge in [0.25, 0.3) is 0 Å². The van der Waals surface area contributed by atoms with Crippen LogP contribution in [0, 0.1) is 0 Å². The zero-order valence-corrected chi connectivity index (χ0v) is 27.3. The number of rotatable bonds is 10. The number of nitrogens with zero attached hydrogens (tertiary/aromatic N) is 7. The Hall–Kier alpha value is -3.77. The monoisotopic (exact) mass is 643 g/mol. The van der Waals surface area contributed by atoms with Crippen molar-refractivity contribution in [3.63, 3.8) is 0 Å². The molecule has 0 spiro atoms. The van der Waals surface area contributed by atoms with Gasteiger partial charge in [-0.3, -0.25) is 4.90 Å². The van der Waals surface area contributed by atoms with Crippen LogP contribution in [0.25, 0.3) is 33.3 Å². The molecule has 0 bridgehead atoms. The molecule has 2 aromatic carbocycles. The number of benzene rings is 2. The molecule has 2 aliphatic rings. The molecule has 46 heavy (non-hydrogen) atoms. The van der Waals surface area contributed by atoms with Gasteiger partial charge in [0.15, 0.2) is 5.65 Å². The summed E-state index contributed by atoms with van der Waals surface area (Å²) in [5.41, 5.74) is 11.4. The lowest BCUT2D eigenvalue weighted by Gasteiger charge is -2.42. The van der Waals surface area contributed by atoms with Crippen LogP contribution in [0.1, 0.15) is 49.5 Å². The van der Waals surface area contributed by atoms with E-state index in [0.29, 0.717) is 23.3 Å². The smallest absolute Gasteiger partial charge is 0.164 e. The molecule has 1 aliphatic carbocycles. The first-order valence-electron chi connectivity index (χ1n) is 16.3. The molecule has 3 N–H and O–H groups in total. The van der Waals surface area contributed by atoms with Crippen molar-refractivity contribution in [1.29, 1.82) is 0 Å². The molecule has 0 radical (unpaired) electrons. The average molecular weight is 644 g/mol. The van der Waals surface area contributed by atoms with Crippen LogP contribution in [-0.2, 0) is 11.2 Å². The van der Waals surface area contributed by atoms with Gasteiger partial charge in [0, 0.05) is 70.0 Å². The summed E-state index contributed by atoms with van der Waals surface area (Å²) in [6, 6.07) is 12.8. The number of imidazole rings is 1. The van der Waals surface area contributed by atoms with Crippen LogP contribution in [0.15, 0.2) is 42.7 Å². The van der Waals surface area contributed by atoms with E-state index in [1.54, 1.807) is 14.2 Å². The van der Waals surface area contributed by atoms with Crippen molar-refractivity contribution in [3.05, 3.63) is 59.1 Å². The van der Waals surface area contributed by atoms with Crippen molar-refractivity contribution in [2.24, 2.45) is 0 Å². The number of nitrogens with two attached hydrogens (primary N) is 1. The first-order valence-corrected chi connectivity index (χ1v) is 16.6. The molecular weight excluding hydrogens is 602 g/mol. The molecule has 7 rings (SSSR count). The van der Waals surface area contributed by atoms with Gasteiger partial charge in [0.05, 0.1) is 34.6 Å². The number of anilines is 1. The lowest BCUT2D eigenvalue weighted by Crippen LogP contribution is -2.51. The number of para-hydroxylation sites is 1.